The Kier molecular flexibility index (Phi) is 4.47. The van der Waals surface area contributed by atoms with Crippen LogP contribution in [-0.4, -0.2) is 12.6 Å². The molecule has 1 fully saturated rings. The molecule has 0 aromatic heterocycles. The minimum absolute atomic E-state index is 0.0351. The summed E-state index contributed by atoms with van der Waals surface area (Å²) in [7, 11) is 0. The average Bonchev–Trinajstić information content (AvgIpc) is 2.45. The standard InChI is InChI=1S/C18H26N2O/c1-13(20-18(21)19-12-14-5-4-6-14)16-10-9-15-7-2-3-8-17(15)11-16/h9-11,13-14H,2-8,12H2,1H3,(H2,19,20,21). The Morgan fingerprint density at radius 2 is 1.95 bits per heavy atom. The fourth-order valence-corrected chi connectivity index (χ4v) is 3.29. The Morgan fingerprint density at radius 3 is 2.67 bits per heavy atom. The lowest BCUT2D eigenvalue weighted by Gasteiger charge is -2.26. The number of nitrogens with one attached hydrogen (secondary N) is 2. The van der Waals surface area contributed by atoms with Crippen molar-refractivity contribution >= 4 is 6.03 Å². The van der Waals surface area contributed by atoms with Crippen molar-refractivity contribution in [2.75, 3.05) is 6.54 Å². The van der Waals surface area contributed by atoms with Gasteiger partial charge in [-0.3, -0.25) is 0 Å². The third-order valence-electron chi connectivity index (χ3n) is 5.00. The third kappa shape index (κ3) is 3.58. The van der Waals surface area contributed by atoms with E-state index < -0.39 is 0 Å². The number of fused-ring (bicyclic) bond motifs is 1. The molecule has 2 N–H and O–H groups in total. The lowest BCUT2D eigenvalue weighted by Crippen LogP contribution is -2.40. The molecule has 0 heterocycles. The molecule has 1 saturated carbocycles. The van der Waals surface area contributed by atoms with Crippen molar-refractivity contribution in [3.8, 4) is 0 Å². The number of hydrogen-bond acceptors (Lipinski definition) is 1. The van der Waals surface area contributed by atoms with Crippen LogP contribution < -0.4 is 10.6 Å². The first-order valence-electron chi connectivity index (χ1n) is 8.38. The van der Waals surface area contributed by atoms with E-state index in [1.54, 1.807) is 0 Å². The molecule has 3 nitrogen and oxygen atoms in total. The summed E-state index contributed by atoms with van der Waals surface area (Å²) in [6.45, 7) is 2.89. The zero-order valence-corrected chi connectivity index (χ0v) is 13.0. The van der Waals surface area contributed by atoms with Crippen molar-refractivity contribution in [3.63, 3.8) is 0 Å². The fraction of sp³-hybridized carbons (Fsp3) is 0.611. The molecular formula is C18H26N2O. The average molecular weight is 286 g/mol. The molecule has 0 spiro atoms. The van der Waals surface area contributed by atoms with Crippen LogP contribution in [0, 0.1) is 5.92 Å². The Bertz CT molecular complexity index is 508. The Balaban J connectivity index is 1.54. The summed E-state index contributed by atoms with van der Waals surface area (Å²) >= 11 is 0. The maximum Gasteiger partial charge on any atom is 0.315 e. The lowest BCUT2D eigenvalue weighted by molar-refractivity contribution is 0.229. The van der Waals surface area contributed by atoms with E-state index >= 15 is 0 Å². The van der Waals surface area contributed by atoms with Crippen molar-refractivity contribution in [1.82, 2.24) is 10.6 Å². The van der Waals surface area contributed by atoms with Gasteiger partial charge in [0.25, 0.3) is 0 Å². The van der Waals surface area contributed by atoms with Crippen molar-refractivity contribution in [3.05, 3.63) is 34.9 Å². The molecule has 3 rings (SSSR count). The van der Waals surface area contributed by atoms with Gasteiger partial charge in [0.15, 0.2) is 0 Å². The SMILES string of the molecule is CC(NC(=O)NCC1CCC1)c1ccc2c(c1)CCCC2. The van der Waals surface area contributed by atoms with Crippen LogP contribution in [0.2, 0.25) is 0 Å². The first-order chi connectivity index (χ1) is 10.2. The second-order valence-electron chi connectivity index (χ2n) is 6.61. The van der Waals surface area contributed by atoms with Crippen LogP contribution in [0.5, 0.6) is 0 Å². The van der Waals surface area contributed by atoms with E-state index in [0.29, 0.717) is 5.92 Å². The molecular weight excluding hydrogens is 260 g/mol. The molecule has 1 aromatic rings. The maximum absolute atomic E-state index is 11.9. The van der Waals surface area contributed by atoms with Gasteiger partial charge in [0, 0.05) is 6.54 Å². The first kappa shape index (κ1) is 14.4. The Morgan fingerprint density at radius 1 is 1.19 bits per heavy atom. The summed E-state index contributed by atoms with van der Waals surface area (Å²) in [5.74, 6) is 0.704. The van der Waals surface area contributed by atoms with E-state index in [1.807, 2.05) is 0 Å². The molecule has 0 saturated heterocycles. The summed E-state index contributed by atoms with van der Waals surface area (Å²) in [5, 5.41) is 6.05. The Labute approximate surface area is 127 Å². The lowest BCUT2D eigenvalue weighted by atomic mass is 9.85. The summed E-state index contributed by atoms with van der Waals surface area (Å²) in [5.41, 5.74) is 4.18. The van der Waals surface area contributed by atoms with E-state index in [2.05, 4.69) is 35.8 Å². The molecule has 3 heteroatoms. The van der Waals surface area contributed by atoms with E-state index in [1.165, 1.54) is 61.6 Å². The van der Waals surface area contributed by atoms with Crippen molar-refractivity contribution in [2.45, 2.75) is 57.9 Å². The second-order valence-corrected chi connectivity index (χ2v) is 6.61. The number of rotatable bonds is 4. The molecule has 2 amide bonds. The highest BCUT2D eigenvalue weighted by Gasteiger charge is 2.19. The van der Waals surface area contributed by atoms with Crippen LogP contribution >= 0.6 is 0 Å². The Hall–Kier alpha value is -1.51. The van der Waals surface area contributed by atoms with Crippen LogP contribution in [-0.2, 0) is 12.8 Å². The second kappa shape index (κ2) is 6.50. The fourth-order valence-electron chi connectivity index (χ4n) is 3.29. The van der Waals surface area contributed by atoms with E-state index in [0.717, 1.165) is 6.54 Å². The largest absolute Gasteiger partial charge is 0.338 e. The number of urea groups is 1. The van der Waals surface area contributed by atoms with Crippen LogP contribution in [0.3, 0.4) is 0 Å². The van der Waals surface area contributed by atoms with E-state index in [9.17, 15) is 4.79 Å². The van der Waals surface area contributed by atoms with Gasteiger partial charge in [0.1, 0.15) is 0 Å². The van der Waals surface area contributed by atoms with Crippen molar-refractivity contribution < 1.29 is 4.79 Å². The van der Waals surface area contributed by atoms with Gasteiger partial charge in [-0.2, -0.15) is 0 Å². The number of amides is 2. The third-order valence-corrected chi connectivity index (χ3v) is 5.00. The number of benzene rings is 1. The van der Waals surface area contributed by atoms with Crippen LogP contribution in [0.1, 0.15) is 61.8 Å². The van der Waals surface area contributed by atoms with E-state index in [-0.39, 0.29) is 12.1 Å². The van der Waals surface area contributed by atoms with Gasteiger partial charge in [-0.05, 0) is 68.1 Å². The van der Waals surface area contributed by atoms with Gasteiger partial charge in [-0.15, -0.1) is 0 Å². The van der Waals surface area contributed by atoms with Gasteiger partial charge in [-0.1, -0.05) is 24.6 Å². The monoisotopic (exact) mass is 286 g/mol. The zero-order chi connectivity index (χ0) is 14.7. The summed E-state index contributed by atoms with van der Waals surface area (Å²) in [6.07, 6.45) is 8.84. The molecule has 21 heavy (non-hydrogen) atoms. The van der Waals surface area contributed by atoms with Crippen LogP contribution in [0.25, 0.3) is 0 Å². The number of aryl methyl sites for hydroxylation is 2. The predicted octanol–water partition coefficient (Wildman–Crippen LogP) is 3.73. The highest BCUT2D eigenvalue weighted by atomic mass is 16.2. The molecule has 1 unspecified atom stereocenters. The maximum atomic E-state index is 11.9. The van der Waals surface area contributed by atoms with Gasteiger partial charge < -0.3 is 10.6 Å². The van der Waals surface area contributed by atoms with Gasteiger partial charge in [-0.25, -0.2) is 4.79 Å². The number of hydrogen-bond donors (Lipinski definition) is 2. The zero-order valence-electron chi connectivity index (χ0n) is 13.0. The van der Waals surface area contributed by atoms with Crippen LogP contribution in [0.4, 0.5) is 4.79 Å². The van der Waals surface area contributed by atoms with E-state index in [4.69, 9.17) is 0 Å². The highest BCUT2D eigenvalue weighted by Crippen LogP contribution is 2.26. The number of carbonyl (C=O) groups is 1. The molecule has 2 aliphatic carbocycles. The summed E-state index contributed by atoms with van der Waals surface area (Å²) < 4.78 is 0. The molecule has 2 aliphatic rings. The van der Waals surface area contributed by atoms with Crippen molar-refractivity contribution in [1.29, 1.82) is 0 Å². The van der Waals surface area contributed by atoms with Gasteiger partial charge in [0.05, 0.1) is 6.04 Å². The molecule has 0 bridgehead atoms. The topological polar surface area (TPSA) is 41.1 Å². The molecule has 114 valence electrons. The van der Waals surface area contributed by atoms with Gasteiger partial charge >= 0.3 is 6.03 Å². The van der Waals surface area contributed by atoms with Gasteiger partial charge in [0.2, 0.25) is 0 Å². The molecule has 1 aromatic carbocycles. The predicted molar refractivity (Wildman–Crippen MR) is 85.4 cm³/mol. The molecule has 0 radical (unpaired) electrons. The normalized spacial score (nSPS) is 19.3. The molecule has 1 atom stereocenters. The van der Waals surface area contributed by atoms with Crippen molar-refractivity contribution in [2.24, 2.45) is 5.92 Å². The molecule has 0 aliphatic heterocycles. The van der Waals surface area contributed by atoms with Crippen LogP contribution in [0.15, 0.2) is 18.2 Å². The minimum Gasteiger partial charge on any atom is -0.338 e. The summed E-state index contributed by atoms with van der Waals surface area (Å²) in [6, 6.07) is 6.73. The summed E-state index contributed by atoms with van der Waals surface area (Å²) in [4.78, 5) is 11.9. The highest BCUT2D eigenvalue weighted by molar-refractivity contribution is 5.74. The number of carbonyl (C=O) groups excluding carboxylic acids is 1. The minimum atomic E-state index is -0.0351. The quantitative estimate of drug-likeness (QED) is 0.870. The first-order valence-corrected chi connectivity index (χ1v) is 8.38. The smallest absolute Gasteiger partial charge is 0.315 e.